The number of rotatable bonds is 4. The van der Waals surface area contributed by atoms with Gasteiger partial charge in [-0.15, -0.1) is 0 Å². The fourth-order valence-corrected chi connectivity index (χ4v) is 2.47. The Hall–Kier alpha value is -0.740. The highest BCUT2D eigenvalue weighted by molar-refractivity contribution is 9.10. The number of hydrogen-bond donors (Lipinski definition) is 0. The fraction of sp³-hybridized carbons (Fsp3) is 0.462. The number of benzene rings is 1. The first kappa shape index (κ1) is 12.7. The van der Waals surface area contributed by atoms with Crippen molar-refractivity contribution in [2.75, 3.05) is 7.11 Å². The zero-order chi connectivity index (χ0) is 12.5. The van der Waals surface area contributed by atoms with Gasteiger partial charge < -0.3 is 4.74 Å². The largest absolute Gasteiger partial charge is 0.378 e. The molecule has 92 valence electrons. The average Bonchev–Trinajstić information content (AvgIpc) is 2.27. The Morgan fingerprint density at radius 2 is 2.24 bits per heavy atom. The molecule has 1 aliphatic carbocycles. The van der Waals surface area contributed by atoms with E-state index in [9.17, 15) is 9.18 Å². The van der Waals surface area contributed by atoms with E-state index >= 15 is 0 Å². The average molecular weight is 301 g/mol. The van der Waals surface area contributed by atoms with Crippen LogP contribution in [0.15, 0.2) is 22.7 Å². The maximum atomic E-state index is 13.1. The van der Waals surface area contributed by atoms with E-state index in [0.717, 1.165) is 19.3 Å². The molecule has 0 heterocycles. The van der Waals surface area contributed by atoms with Crippen molar-refractivity contribution in [3.05, 3.63) is 34.1 Å². The van der Waals surface area contributed by atoms with Gasteiger partial charge in [0, 0.05) is 19.1 Å². The number of carbonyl (C=O) groups excluding carboxylic acids is 1. The molecule has 2 nitrogen and oxygen atoms in total. The number of carbonyl (C=O) groups is 1. The molecule has 0 aromatic heterocycles. The zero-order valence-corrected chi connectivity index (χ0v) is 11.2. The van der Waals surface area contributed by atoms with Crippen LogP contribution in [0.2, 0.25) is 0 Å². The molecule has 0 spiro atoms. The van der Waals surface area contributed by atoms with E-state index in [1.54, 1.807) is 7.11 Å². The minimum atomic E-state index is -0.355. The van der Waals surface area contributed by atoms with E-state index in [-0.39, 0.29) is 17.2 Å². The minimum Gasteiger partial charge on any atom is -0.378 e. The number of ketones is 1. The van der Waals surface area contributed by atoms with Crippen LogP contribution in [0.25, 0.3) is 0 Å². The van der Waals surface area contributed by atoms with Crippen molar-refractivity contribution in [1.82, 2.24) is 0 Å². The minimum absolute atomic E-state index is 0.00671. The first-order valence-electron chi connectivity index (χ1n) is 5.60. The van der Waals surface area contributed by atoms with Crippen LogP contribution >= 0.6 is 15.9 Å². The lowest BCUT2D eigenvalue weighted by molar-refractivity contribution is -0.0704. The maximum Gasteiger partial charge on any atom is 0.165 e. The van der Waals surface area contributed by atoms with Crippen LogP contribution in [0.1, 0.15) is 36.0 Å². The molecule has 0 bridgehead atoms. The normalized spacial score (nSPS) is 17.6. The van der Waals surface area contributed by atoms with Crippen molar-refractivity contribution in [1.29, 1.82) is 0 Å². The summed E-state index contributed by atoms with van der Waals surface area (Å²) < 4.78 is 18.8. The molecule has 0 N–H and O–H groups in total. The van der Waals surface area contributed by atoms with Crippen LogP contribution in [0, 0.1) is 5.82 Å². The molecule has 0 radical (unpaired) electrons. The summed E-state index contributed by atoms with van der Waals surface area (Å²) in [7, 11) is 1.65. The van der Waals surface area contributed by atoms with Crippen molar-refractivity contribution < 1.29 is 13.9 Å². The van der Waals surface area contributed by atoms with Crippen molar-refractivity contribution in [2.45, 2.75) is 31.3 Å². The van der Waals surface area contributed by atoms with Gasteiger partial charge >= 0.3 is 0 Å². The highest BCUT2D eigenvalue weighted by Crippen LogP contribution is 2.38. The van der Waals surface area contributed by atoms with Crippen molar-refractivity contribution in [3.63, 3.8) is 0 Å². The molecule has 1 saturated carbocycles. The molecule has 0 saturated heterocycles. The van der Waals surface area contributed by atoms with Crippen LogP contribution in [-0.4, -0.2) is 18.5 Å². The van der Waals surface area contributed by atoms with Gasteiger partial charge in [-0.2, -0.15) is 0 Å². The maximum absolute atomic E-state index is 13.1. The van der Waals surface area contributed by atoms with Crippen molar-refractivity contribution >= 4 is 21.7 Å². The highest BCUT2D eigenvalue weighted by Gasteiger charge is 2.39. The quantitative estimate of drug-likeness (QED) is 0.792. The number of halogens is 2. The zero-order valence-electron chi connectivity index (χ0n) is 9.63. The second-order valence-electron chi connectivity index (χ2n) is 4.47. The Bertz CT molecular complexity index is 436. The van der Waals surface area contributed by atoms with Gasteiger partial charge in [-0.05, 0) is 53.4 Å². The number of Topliss-reactive ketones (excluding diaryl/α,β-unsaturated/α-hetero) is 1. The predicted octanol–water partition coefficient (Wildman–Crippen LogP) is 3.73. The Labute approximate surface area is 108 Å². The van der Waals surface area contributed by atoms with E-state index in [1.165, 1.54) is 18.2 Å². The fourth-order valence-electron chi connectivity index (χ4n) is 2.09. The molecule has 1 aromatic carbocycles. The molecule has 17 heavy (non-hydrogen) atoms. The van der Waals surface area contributed by atoms with E-state index < -0.39 is 0 Å². The van der Waals surface area contributed by atoms with Gasteiger partial charge in [0.15, 0.2) is 5.78 Å². The highest BCUT2D eigenvalue weighted by atomic mass is 79.9. The van der Waals surface area contributed by atoms with Crippen LogP contribution in [0.5, 0.6) is 0 Å². The second-order valence-corrected chi connectivity index (χ2v) is 5.32. The number of ether oxygens (including phenoxy) is 1. The van der Waals surface area contributed by atoms with Gasteiger partial charge in [0.2, 0.25) is 0 Å². The number of hydrogen-bond acceptors (Lipinski definition) is 2. The van der Waals surface area contributed by atoms with Gasteiger partial charge in [0.05, 0.1) is 10.1 Å². The molecule has 1 fully saturated rings. The van der Waals surface area contributed by atoms with Crippen molar-refractivity contribution in [2.24, 2.45) is 0 Å². The Balaban J connectivity index is 2.11. The van der Waals surface area contributed by atoms with Gasteiger partial charge in [0.25, 0.3) is 0 Å². The summed E-state index contributed by atoms with van der Waals surface area (Å²) in [5.41, 5.74) is 0.249. The topological polar surface area (TPSA) is 26.3 Å². The third kappa shape index (κ3) is 2.58. The second kappa shape index (κ2) is 4.86. The lowest BCUT2D eigenvalue weighted by Gasteiger charge is -2.40. The first-order valence-corrected chi connectivity index (χ1v) is 6.39. The summed E-state index contributed by atoms with van der Waals surface area (Å²) in [4.78, 5) is 12.1. The summed E-state index contributed by atoms with van der Waals surface area (Å²) in [6.45, 7) is 0. The Morgan fingerprint density at radius 3 is 2.71 bits per heavy atom. The first-order chi connectivity index (χ1) is 8.06. The molecular formula is C13H14BrFO2. The molecular weight excluding hydrogens is 287 g/mol. The number of methoxy groups -OCH3 is 1. The van der Waals surface area contributed by atoms with Crippen molar-refractivity contribution in [3.8, 4) is 0 Å². The van der Waals surface area contributed by atoms with E-state index in [1.807, 2.05) is 0 Å². The van der Waals surface area contributed by atoms with Crippen LogP contribution < -0.4 is 0 Å². The van der Waals surface area contributed by atoms with E-state index in [4.69, 9.17) is 4.74 Å². The standard InChI is InChI=1S/C13H14BrFO2/c1-17-13(5-2-6-13)8-12(16)9-3-4-11(15)10(14)7-9/h3-4,7H,2,5-6,8H2,1H3. The monoisotopic (exact) mass is 300 g/mol. The van der Waals surface area contributed by atoms with E-state index in [2.05, 4.69) is 15.9 Å². The smallest absolute Gasteiger partial charge is 0.165 e. The third-order valence-electron chi connectivity index (χ3n) is 3.42. The molecule has 4 heteroatoms. The molecule has 1 aromatic rings. The van der Waals surface area contributed by atoms with Crippen LogP contribution in [0.4, 0.5) is 4.39 Å². The summed E-state index contributed by atoms with van der Waals surface area (Å²) in [6.07, 6.45) is 3.34. The lowest BCUT2D eigenvalue weighted by atomic mass is 9.76. The lowest BCUT2D eigenvalue weighted by Crippen LogP contribution is -2.41. The Kier molecular flexibility index (Phi) is 3.64. The molecule has 0 aliphatic heterocycles. The molecule has 2 rings (SSSR count). The van der Waals surface area contributed by atoms with Gasteiger partial charge in [0.1, 0.15) is 5.82 Å². The van der Waals surface area contributed by atoms with Crippen LogP contribution in [-0.2, 0) is 4.74 Å². The molecule has 0 unspecified atom stereocenters. The van der Waals surface area contributed by atoms with Gasteiger partial charge in [-0.3, -0.25) is 4.79 Å². The SMILES string of the molecule is COC1(CC(=O)c2ccc(F)c(Br)c2)CCC1. The molecule has 0 amide bonds. The summed E-state index contributed by atoms with van der Waals surface area (Å²) in [6, 6.07) is 4.35. The summed E-state index contributed by atoms with van der Waals surface area (Å²) in [5.74, 6) is -0.348. The molecule has 1 aliphatic rings. The van der Waals surface area contributed by atoms with Gasteiger partial charge in [-0.1, -0.05) is 0 Å². The molecule has 0 atom stereocenters. The van der Waals surface area contributed by atoms with E-state index in [0.29, 0.717) is 16.5 Å². The van der Waals surface area contributed by atoms with Gasteiger partial charge in [-0.25, -0.2) is 4.39 Å². The summed E-state index contributed by atoms with van der Waals surface area (Å²) >= 11 is 3.08. The third-order valence-corrected chi connectivity index (χ3v) is 4.03. The predicted molar refractivity (Wildman–Crippen MR) is 66.6 cm³/mol. The summed E-state index contributed by atoms with van der Waals surface area (Å²) in [5, 5.41) is 0. The Morgan fingerprint density at radius 1 is 1.53 bits per heavy atom. The van der Waals surface area contributed by atoms with Crippen LogP contribution in [0.3, 0.4) is 0 Å².